The number of rotatable bonds is 4. The molecule has 0 saturated carbocycles. The highest BCUT2D eigenvalue weighted by atomic mass is 32.2. The summed E-state index contributed by atoms with van der Waals surface area (Å²) in [6.07, 6.45) is 1.62. The van der Waals surface area contributed by atoms with Gasteiger partial charge in [0.25, 0.3) is 0 Å². The van der Waals surface area contributed by atoms with Crippen molar-refractivity contribution in [2.45, 2.75) is 19.4 Å². The van der Waals surface area contributed by atoms with E-state index in [1.54, 1.807) is 0 Å². The van der Waals surface area contributed by atoms with E-state index in [0.717, 1.165) is 19.5 Å². The predicted octanol–water partition coefficient (Wildman–Crippen LogP) is -0.937. The zero-order valence-corrected chi connectivity index (χ0v) is 11.2. The van der Waals surface area contributed by atoms with E-state index >= 15 is 0 Å². The Morgan fingerprint density at radius 1 is 1.59 bits per heavy atom. The molecule has 7 heteroatoms. The maximum absolute atomic E-state index is 11.0. The summed E-state index contributed by atoms with van der Waals surface area (Å²) in [5.74, 6) is 0.742. The predicted molar refractivity (Wildman–Crippen MR) is 67.9 cm³/mol. The smallest absolute Gasteiger partial charge is 0.194 e. The molecule has 100 valence electrons. The number of sulfone groups is 1. The molecular weight excluding hydrogens is 242 g/mol. The lowest BCUT2D eigenvalue weighted by molar-refractivity contribution is 0.188. The lowest BCUT2D eigenvalue weighted by atomic mass is 10.3. The van der Waals surface area contributed by atoms with Crippen LogP contribution in [0.4, 0.5) is 0 Å². The van der Waals surface area contributed by atoms with Crippen molar-refractivity contribution in [3.05, 3.63) is 0 Å². The van der Waals surface area contributed by atoms with Crippen molar-refractivity contribution < 1.29 is 13.5 Å². The van der Waals surface area contributed by atoms with Gasteiger partial charge in [-0.1, -0.05) is 0 Å². The largest absolute Gasteiger partial charge is 0.391 e. The highest BCUT2D eigenvalue weighted by molar-refractivity contribution is 7.90. The van der Waals surface area contributed by atoms with Gasteiger partial charge in [-0.2, -0.15) is 0 Å². The number of nitrogens with one attached hydrogen (secondary N) is 1. The van der Waals surface area contributed by atoms with Crippen LogP contribution in [0.5, 0.6) is 0 Å². The Morgan fingerprint density at radius 2 is 2.29 bits per heavy atom. The molecule has 1 rings (SSSR count). The number of likely N-dealkylation sites (tertiary alicyclic amines) is 1. The molecule has 1 atom stereocenters. The third-order valence-corrected chi connectivity index (χ3v) is 3.45. The Bertz CT molecular complexity index is 367. The molecule has 17 heavy (non-hydrogen) atoms. The zero-order valence-electron chi connectivity index (χ0n) is 10.4. The molecule has 6 nitrogen and oxygen atoms in total. The topological polar surface area (TPSA) is 82.0 Å². The third kappa shape index (κ3) is 5.36. The van der Waals surface area contributed by atoms with Gasteiger partial charge in [-0.25, -0.2) is 8.42 Å². The first-order valence-electron chi connectivity index (χ1n) is 5.81. The number of aliphatic hydroxyl groups excluding tert-OH is 1. The first-order chi connectivity index (χ1) is 7.92. The van der Waals surface area contributed by atoms with Gasteiger partial charge in [0.1, 0.15) is 9.84 Å². The molecule has 1 fully saturated rings. The van der Waals surface area contributed by atoms with Gasteiger partial charge >= 0.3 is 0 Å². The average Bonchev–Trinajstić information content (AvgIpc) is 2.62. The first kappa shape index (κ1) is 14.2. The van der Waals surface area contributed by atoms with E-state index in [9.17, 15) is 13.5 Å². The van der Waals surface area contributed by atoms with E-state index in [0.29, 0.717) is 12.5 Å². The highest BCUT2D eigenvalue weighted by Gasteiger charge is 2.22. The summed E-state index contributed by atoms with van der Waals surface area (Å²) in [4.78, 5) is 6.21. The second-order valence-electron chi connectivity index (χ2n) is 4.25. The Kier molecular flexibility index (Phi) is 5.20. The monoisotopic (exact) mass is 263 g/mol. The summed E-state index contributed by atoms with van der Waals surface area (Å²) in [6.45, 7) is 4.26. The van der Waals surface area contributed by atoms with Crippen LogP contribution in [0.2, 0.25) is 0 Å². The minimum absolute atomic E-state index is 0.0539. The van der Waals surface area contributed by atoms with Gasteiger partial charge in [0.05, 0.1) is 18.4 Å². The maximum atomic E-state index is 11.0. The molecule has 0 radical (unpaired) electrons. The lowest BCUT2D eigenvalue weighted by Crippen LogP contribution is -2.40. The summed E-state index contributed by atoms with van der Waals surface area (Å²) in [5, 5.41) is 12.6. The molecule has 1 aliphatic heterocycles. The number of aliphatic hydroxyl groups is 1. The molecule has 1 heterocycles. The molecule has 0 amide bonds. The van der Waals surface area contributed by atoms with E-state index in [1.807, 2.05) is 11.8 Å². The van der Waals surface area contributed by atoms with Gasteiger partial charge < -0.3 is 15.3 Å². The van der Waals surface area contributed by atoms with Crippen LogP contribution in [0, 0.1) is 0 Å². The van der Waals surface area contributed by atoms with Crippen LogP contribution in [-0.2, 0) is 9.84 Å². The maximum Gasteiger partial charge on any atom is 0.194 e. The van der Waals surface area contributed by atoms with Crippen LogP contribution in [0.3, 0.4) is 0 Å². The van der Waals surface area contributed by atoms with E-state index in [1.165, 1.54) is 6.26 Å². The third-order valence-electron chi connectivity index (χ3n) is 2.52. The summed E-state index contributed by atoms with van der Waals surface area (Å²) in [6, 6.07) is 0. The number of aliphatic imine (C=N–C) groups is 1. The number of nitrogens with zero attached hydrogens (tertiary/aromatic N) is 2. The zero-order chi connectivity index (χ0) is 12.9. The minimum atomic E-state index is -2.97. The summed E-state index contributed by atoms with van der Waals surface area (Å²) in [7, 11) is -2.97. The van der Waals surface area contributed by atoms with Crippen LogP contribution >= 0.6 is 0 Å². The van der Waals surface area contributed by atoms with Crippen molar-refractivity contribution in [2.24, 2.45) is 4.99 Å². The van der Waals surface area contributed by atoms with Gasteiger partial charge in [0.15, 0.2) is 5.96 Å². The van der Waals surface area contributed by atoms with E-state index < -0.39 is 9.84 Å². The van der Waals surface area contributed by atoms with Gasteiger partial charge in [-0.15, -0.1) is 0 Å². The summed E-state index contributed by atoms with van der Waals surface area (Å²) >= 11 is 0. The summed E-state index contributed by atoms with van der Waals surface area (Å²) in [5.41, 5.74) is 0. The van der Waals surface area contributed by atoms with E-state index in [2.05, 4.69) is 10.3 Å². The Balaban J connectivity index is 2.55. The van der Waals surface area contributed by atoms with Crippen molar-refractivity contribution in [1.82, 2.24) is 10.2 Å². The van der Waals surface area contributed by atoms with Crippen LogP contribution in [0.25, 0.3) is 0 Å². The van der Waals surface area contributed by atoms with Crippen LogP contribution in [0.15, 0.2) is 4.99 Å². The van der Waals surface area contributed by atoms with E-state index in [-0.39, 0.29) is 18.4 Å². The van der Waals surface area contributed by atoms with Crippen LogP contribution in [-0.4, -0.2) is 68.7 Å². The molecule has 0 bridgehead atoms. The normalized spacial score (nSPS) is 21.9. The van der Waals surface area contributed by atoms with Crippen molar-refractivity contribution in [2.75, 3.05) is 38.2 Å². The fourth-order valence-corrected chi connectivity index (χ4v) is 2.10. The Hall–Kier alpha value is -0.820. The fraction of sp³-hybridized carbons (Fsp3) is 0.900. The SMILES string of the molecule is CCNC(=NCCS(C)(=O)=O)N1CC[C@@H](O)C1. The van der Waals surface area contributed by atoms with Gasteiger partial charge in [-0.3, -0.25) is 4.99 Å². The standard InChI is InChI=1S/C10H21N3O3S/c1-3-11-10(12-5-7-17(2,15)16)13-6-4-9(14)8-13/h9,14H,3-8H2,1-2H3,(H,11,12)/t9-/m1/s1. The molecule has 0 aromatic carbocycles. The van der Waals surface area contributed by atoms with Crippen molar-refractivity contribution in [1.29, 1.82) is 0 Å². The molecule has 2 N–H and O–H groups in total. The second kappa shape index (κ2) is 6.20. The number of hydrogen-bond donors (Lipinski definition) is 2. The van der Waals surface area contributed by atoms with Gasteiger partial charge in [-0.05, 0) is 13.3 Å². The molecule has 0 unspecified atom stereocenters. The molecule has 0 spiro atoms. The Morgan fingerprint density at radius 3 is 2.76 bits per heavy atom. The van der Waals surface area contributed by atoms with Crippen LogP contribution < -0.4 is 5.32 Å². The minimum Gasteiger partial charge on any atom is -0.391 e. The molecule has 0 aromatic heterocycles. The van der Waals surface area contributed by atoms with Crippen molar-refractivity contribution in [3.8, 4) is 0 Å². The van der Waals surface area contributed by atoms with Crippen molar-refractivity contribution >= 4 is 15.8 Å². The van der Waals surface area contributed by atoms with Gasteiger partial charge in [0, 0.05) is 25.9 Å². The molecular formula is C10H21N3O3S. The van der Waals surface area contributed by atoms with E-state index in [4.69, 9.17) is 0 Å². The number of hydrogen-bond acceptors (Lipinski definition) is 4. The molecule has 0 aliphatic carbocycles. The van der Waals surface area contributed by atoms with Crippen LogP contribution in [0.1, 0.15) is 13.3 Å². The number of β-amino-alcohol motifs (C(OH)–C–C–N with tert-alkyl or cyclic N) is 1. The molecule has 1 aliphatic rings. The molecule has 1 saturated heterocycles. The first-order valence-corrected chi connectivity index (χ1v) is 7.87. The Labute approximate surface area is 103 Å². The summed E-state index contributed by atoms with van der Waals surface area (Å²) < 4.78 is 22.0. The quantitative estimate of drug-likeness (QED) is 0.505. The fourth-order valence-electron chi connectivity index (χ4n) is 1.68. The average molecular weight is 263 g/mol. The second-order valence-corrected chi connectivity index (χ2v) is 6.51. The van der Waals surface area contributed by atoms with Crippen molar-refractivity contribution in [3.63, 3.8) is 0 Å². The molecule has 0 aromatic rings. The number of guanidine groups is 1. The highest BCUT2D eigenvalue weighted by Crippen LogP contribution is 2.08. The lowest BCUT2D eigenvalue weighted by Gasteiger charge is -2.20. The van der Waals surface area contributed by atoms with Gasteiger partial charge in [0.2, 0.25) is 0 Å².